The van der Waals surface area contributed by atoms with E-state index in [0.29, 0.717) is 12.2 Å². The van der Waals surface area contributed by atoms with E-state index in [-0.39, 0.29) is 5.57 Å². The van der Waals surface area contributed by atoms with Gasteiger partial charge in [-0.25, -0.2) is 4.79 Å². The van der Waals surface area contributed by atoms with Gasteiger partial charge in [-0.1, -0.05) is 60.7 Å². The van der Waals surface area contributed by atoms with Crippen LogP contribution in [0, 0.1) is 0 Å². The molecule has 1 N–H and O–H groups in total. The smallest absolute Gasteiger partial charge is 0.336 e. The van der Waals surface area contributed by atoms with E-state index < -0.39 is 5.97 Å². The summed E-state index contributed by atoms with van der Waals surface area (Å²) in [5.41, 5.74) is 1.74. The molecule has 1 fully saturated rings. The van der Waals surface area contributed by atoms with Gasteiger partial charge < -0.3 is 9.84 Å². The minimum Gasteiger partial charge on any atom is -0.492 e. The van der Waals surface area contributed by atoms with Crippen molar-refractivity contribution in [2.75, 3.05) is 26.2 Å². The van der Waals surface area contributed by atoms with Crippen LogP contribution in [0.15, 0.2) is 66.7 Å². The molecule has 0 saturated carbocycles. The summed E-state index contributed by atoms with van der Waals surface area (Å²) in [6, 6.07) is 21.2. The zero-order valence-corrected chi connectivity index (χ0v) is 16.4. The highest BCUT2D eigenvalue weighted by molar-refractivity contribution is 6.22. The summed E-state index contributed by atoms with van der Waals surface area (Å²) >= 11 is 0. The number of ether oxygens (including phenoxy) is 1. The maximum atomic E-state index is 12.0. The molecule has 0 bridgehead atoms. The molecule has 3 aromatic rings. The average Bonchev–Trinajstić information content (AvgIpc) is 3.26. The fourth-order valence-electron chi connectivity index (χ4n) is 3.87. The van der Waals surface area contributed by atoms with E-state index in [2.05, 4.69) is 4.90 Å². The van der Waals surface area contributed by atoms with Gasteiger partial charge in [0.1, 0.15) is 12.4 Å². The second-order valence-corrected chi connectivity index (χ2v) is 7.32. The Hall–Kier alpha value is -3.11. The van der Waals surface area contributed by atoms with Gasteiger partial charge in [0.15, 0.2) is 0 Å². The number of hydrogen-bond acceptors (Lipinski definition) is 3. The number of nitrogens with zero attached hydrogens (tertiary/aromatic N) is 1. The summed E-state index contributed by atoms with van der Waals surface area (Å²) in [6.07, 6.45) is 4.25. The lowest BCUT2D eigenvalue weighted by molar-refractivity contribution is -0.130. The van der Waals surface area contributed by atoms with Crippen molar-refractivity contribution in [3.05, 3.63) is 77.9 Å². The van der Waals surface area contributed by atoms with Crippen LogP contribution in [0.2, 0.25) is 0 Å². The molecule has 1 saturated heterocycles. The number of aliphatic carboxylic acids is 1. The van der Waals surface area contributed by atoms with Gasteiger partial charge in [0.05, 0.1) is 5.57 Å². The van der Waals surface area contributed by atoms with Gasteiger partial charge in [0, 0.05) is 12.1 Å². The Morgan fingerprint density at radius 2 is 1.69 bits per heavy atom. The second-order valence-electron chi connectivity index (χ2n) is 7.32. The van der Waals surface area contributed by atoms with E-state index in [1.807, 2.05) is 66.7 Å². The fourth-order valence-corrected chi connectivity index (χ4v) is 3.87. The van der Waals surface area contributed by atoms with Crippen molar-refractivity contribution in [3.8, 4) is 5.75 Å². The van der Waals surface area contributed by atoms with Crippen molar-refractivity contribution in [2.24, 2.45) is 0 Å². The van der Waals surface area contributed by atoms with E-state index in [0.717, 1.165) is 41.7 Å². The third-order valence-corrected chi connectivity index (χ3v) is 5.40. The van der Waals surface area contributed by atoms with Gasteiger partial charge in [-0.2, -0.15) is 0 Å². The van der Waals surface area contributed by atoms with Crippen LogP contribution in [0.4, 0.5) is 0 Å². The first-order chi connectivity index (χ1) is 14.2. The maximum Gasteiger partial charge on any atom is 0.336 e. The molecule has 4 rings (SSSR count). The van der Waals surface area contributed by atoms with E-state index in [1.165, 1.54) is 12.8 Å². The Morgan fingerprint density at radius 3 is 2.45 bits per heavy atom. The summed E-state index contributed by atoms with van der Waals surface area (Å²) in [6.45, 7) is 3.74. The maximum absolute atomic E-state index is 12.0. The number of carboxylic acids is 1. The van der Waals surface area contributed by atoms with Crippen LogP contribution in [0.25, 0.3) is 22.4 Å². The normalized spacial score (nSPS) is 15.0. The van der Waals surface area contributed by atoms with Gasteiger partial charge in [-0.3, -0.25) is 4.90 Å². The number of benzene rings is 3. The lowest BCUT2D eigenvalue weighted by atomic mass is 9.98. The average molecular weight is 387 g/mol. The molecule has 0 aliphatic carbocycles. The molecule has 0 radical (unpaired) electrons. The second kappa shape index (κ2) is 8.93. The van der Waals surface area contributed by atoms with Crippen LogP contribution in [-0.4, -0.2) is 42.2 Å². The van der Waals surface area contributed by atoms with Crippen molar-refractivity contribution < 1.29 is 14.6 Å². The summed E-state index contributed by atoms with van der Waals surface area (Å²) < 4.78 is 6.14. The predicted molar refractivity (Wildman–Crippen MR) is 117 cm³/mol. The van der Waals surface area contributed by atoms with Crippen molar-refractivity contribution >= 4 is 28.4 Å². The first-order valence-electron chi connectivity index (χ1n) is 10.1. The summed E-state index contributed by atoms with van der Waals surface area (Å²) in [5.74, 6) is -0.232. The minimum atomic E-state index is -0.952. The zero-order chi connectivity index (χ0) is 20.1. The van der Waals surface area contributed by atoms with Crippen LogP contribution in [-0.2, 0) is 4.79 Å². The number of carbonyl (C=O) groups is 1. The largest absolute Gasteiger partial charge is 0.492 e. The first-order valence-corrected chi connectivity index (χ1v) is 10.1. The van der Waals surface area contributed by atoms with E-state index in [9.17, 15) is 9.90 Å². The van der Waals surface area contributed by atoms with Crippen molar-refractivity contribution in [2.45, 2.75) is 12.8 Å². The molecular formula is C25H25NO3. The molecule has 4 nitrogen and oxygen atoms in total. The molecule has 3 aromatic carbocycles. The highest BCUT2D eigenvalue weighted by Gasteiger charge is 2.15. The Balaban J connectivity index is 1.72. The molecule has 0 amide bonds. The number of fused-ring (bicyclic) bond motifs is 1. The van der Waals surface area contributed by atoms with Crippen molar-refractivity contribution in [1.29, 1.82) is 0 Å². The zero-order valence-electron chi connectivity index (χ0n) is 16.4. The number of rotatable bonds is 7. The van der Waals surface area contributed by atoms with Gasteiger partial charge in [0.2, 0.25) is 0 Å². The highest BCUT2D eigenvalue weighted by atomic mass is 16.5. The molecule has 1 aliphatic rings. The summed E-state index contributed by atoms with van der Waals surface area (Å²) in [7, 11) is 0. The Bertz CT molecular complexity index is 1020. The monoisotopic (exact) mass is 387 g/mol. The first kappa shape index (κ1) is 19.2. The standard InChI is InChI=1S/C25H25NO3/c27-25(28)22(19-8-2-1-3-9-19)18-23-21-11-5-4-10-20(21)12-13-24(23)29-17-16-26-14-6-7-15-26/h1-5,8-13,18H,6-7,14-17H2,(H,27,28)/b22-18+. The lowest BCUT2D eigenvalue weighted by Gasteiger charge is -2.17. The molecule has 29 heavy (non-hydrogen) atoms. The molecule has 148 valence electrons. The Morgan fingerprint density at radius 1 is 0.966 bits per heavy atom. The van der Waals surface area contributed by atoms with Gasteiger partial charge in [-0.15, -0.1) is 0 Å². The van der Waals surface area contributed by atoms with Crippen LogP contribution in [0.5, 0.6) is 5.75 Å². The highest BCUT2D eigenvalue weighted by Crippen LogP contribution is 2.32. The molecule has 0 atom stereocenters. The topological polar surface area (TPSA) is 49.8 Å². The fraction of sp³-hybridized carbons (Fsp3) is 0.240. The molecule has 1 aliphatic heterocycles. The van der Waals surface area contributed by atoms with Crippen LogP contribution in [0.3, 0.4) is 0 Å². The molecule has 1 heterocycles. The van der Waals surface area contributed by atoms with Crippen molar-refractivity contribution in [1.82, 2.24) is 4.90 Å². The summed E-state index contributed by atoms with van der Waals surface area (Å²) in [5, 5.41) is 11.9. The lowest BCUT2D eigenvalue weighted by Crippen LogP contribution is -2.25. The van der Waals surface area contributed by atoms with E-state index in [4.69, 9.17) is 4.74 Å². The molecule has 0 aromatic heterocycles. The molecular weight excluding hydrogens is 362 g/mol. The molecule has 0 unspecified atom stereocenters. The van der Waals surface area contributed by atoms with E-state index >= 15 is 0 Å². The Kier molecular flexibility index (Phi) is 5.92. The van der Waals surface area contributed by atoms with E-state index in [1.54, 1.807) is 6.08 Å². The number of likely N-dealkylation sites (tertiary alicyclic amines) is 1. The summed E-state index contributed by atoms with van der Waals surface area (Å²) in [4.78, 5) is 14.4. The number of hydrogen-bond donors (Lipinski definition) is 1. The minimum absolute atomic E-state index is 0.256. The third kappa shape index (κ3) is 4.49. The SMILES string of the molecule is O=C(O)/C(=C/c1c(OCCN2CCCC2)ccc2ccccc12)c1ccccc1. The molecule has 4 heteroatoms. The Labute approximate surface area is 171 Å². The van der Waals surface area contributed by atoms with Gasteiger partial charge in [0.25, 0.3) is 0 Å². The predicted octanol–water partition coefficient (Wildman–Crippen LogP) is 4.94. The van der Waals surface area contributed by atoms with Crippen molar-refractivity contribution in [3.63, 3.8) is 0 Å². The van der Waals surface area contributed by atoms with Crippen LogP contribution < -0.4 is 4.74 Å². The van der Waals surface area contributed by atoms with Gasteiger partial charge >= 0.3 is 5.97 Å². The third-order valence-electron chi connectivity index (χ3n) is 5.40. The van der Waals surface area contributed by atoms with Gasteiger partial charge in [-0.05, 0) is 54.4 Å². The quantitative estimate of drug-likeness (QED) is 0.461. The molecule has 0 spiro atoms. The van der Waals surface area contributed by atoms with Crippen LogP contribution in [0.1, 0.15) is 24.0 Å². The van der Waals surface area contributed by atoms with Crippen LogP contribution >= 0.6 is 0 Å². The number of carboxylic acid groups (broad SMARTS) is 1.